The van der Waals surface area contributed by atoms with E-state index in [4.69, 9.17) is 4.42 Å². The SMILES string of the molecule is O=C(Nc1ccc(S(=O)(=O)Nc2ncccn2)cc1)C1CN(C(=O)c2ccc([N+](=O)[O-])o2)C1. The highest BCUT2D eigenvalue weighted by Crippen LogP contribution is 2.24. The van der Waals surface area contributed by atoms with Gasteiger partial charge >= 0.3 is 5.88 Å². The minimum atomic E-state index is -3.90. The van der Waals surface area contributed by atoms with Crippen molar-refractivity contribution in [3.05, 3.63) is 70.7 Å². The molecule has 2 amide bonds. The van der Waals surface area contributed by atoms with Crippen molar-refractivity contribution >= 4 is 39.4 Å². The Bertz CT molecular complexity index is 1300. The molecule has 1 saturated heterocycles. The van der Waals surface area contributed by atoms with Gasteiger partial charge in [-0.3, -0.25) is 19.7 Å². The van der Waals surface area contributed by atoms with Gasteiger partial charge in [0.05, 0.1) is 16.9 Å². The number of benzene rings is 1. The zero-order valence-electron chi connectivity index (χ0n) is 16.7. The van der Waals surface area contributed by atoms with Gasteiger partial charge in [0.25, 0.3) is 15.9 Å². The van der Waals surface area contributed by atoms with Crippen LogP contribution in [0.1, 0.15) is 10.6 Å². The maximum atomic E-state index is 12.4. The fraction of sp³-hybridized carbons (Fsp3) is 0.158. The molecule has 33 heavy (non-hydrogen) atoms. The lowest BCUT2D eigenvalue weighted by atomic mass is 9.98. The molecule has 0 atom stereocenters. The third kappa shape index (κ3) is 4.79. The largest absolute Gasteiger partial charge is 0.433 e. The summed E-state index contributed by atoms with van der Waals surface area (Å²) in [5.41, 5.74) is 0.376. The van der Waals surface area contributed by atoms with Crippen LogP contribution in [0.15, 0.2) is 64.2 Å². The van der Waals surface area contributed by atoms with Crippen LogP contribution in [0.3, 0.4) is 0 Å². The number of aromatic nitrogens is 2. The predicted octanol–water partition coefficient (Wildman–Crippen LogP) is 1.49. The van der Waals surface area contributed by atoms with E-state index < -0.39 is 32.7 Å². The van der Waals surface area contributed by atoms with Crippen molar-refractivity contribution in [3.63, 3.8) is 0 Å². The summed E-state index contributed by atoms with van der Waals surface area (Å²) in [6, 6.07) is 9.35. The van der Waals surface area contributed by atoms with E-state index in [0.29, 0.717) is 5.69 Å². The number of sulfonamides is 1. The molecule has 1 aliphatic rings. The number of anilines is 2. The van der Waals surface area contributed by atoms with Gasteiger partial charge in [0.1, 0.15) is 4.92 Å². The second kappa shape index (κ2) is 8.66. The molecule has 1 aliphatic heterocycles. The van der Waals surface area contributed by atoms with E-state index in [1.54, 1.807) is 6.07 Å². The molecule has 14 heteroatoms. The molecule has 0 saturated carbocycles. The first-order valence-corrected chi connectivity index (χ1v) is 11.0. The van der Waals surface area contributed by atoms with Crippen molar-refractivity contribution in [2.75, 3.05) is 23.1 Å². The van der Waals surface area contributed by atoms with E-state index in [1.165, 1.54) is 47.6 Å². The number of likely N-dealkylation sites (tertiary alicyclic amines) is 1. The molecule has 1 aromatic carbocycles. The first-order chi connectivity index (χ1) is 15.7. The van der Waals surface area contributed by atoms with Crippen LogP contribution in [0.4, 0.5) is 17.5 Å². The van der Waals surface area contributed by atoms with Gasteiger partial charge in [0.2, 0.25) is 11.9 Å². The van der Waals surface area contributed by atoms with E-state index in [0.717, 1.165) is 6.07 Å². The average Bonchev–Trinajstić information content (AvgIpc) is 3.24. The first kappa shape index (κ1) is 21.9. The Balaban J connectivity index is 1.31. The van der Waals surface area contributed by atoms with Crippen LogP contribution in [0, 0.1) is 16.0 Å². The first-order valence-electron chi connectivity index (χ1n) is 9.47. The van der Waals surface area contributed by atoms with Crippen molar-refractivity contribution in [1.82, 2.24) is 14.9 Å². The minimum Gasteiger partial charge on any atom is -0.395 e. The summed E-state index contributed by atoms with van der Waals surface area (Å²) in [7, 11) is -3.90. The van der Waals surface area contributed by atoms with E-state index in [1.807, 2.05) is 0 Å². The summed E-state index contributed by atoms with van der Waals surface area (Å²) in [5, 5.41) is 13.3. The van der Waals surface area contributed by atoms with Gasteiger partial charge in [-0.2, -0.15) is 0 Å². The van der Waals surface area contributed by atoms with Crippen LogP contribution in [0.25, 0.3) is 0 Å². The normalized spacial score (nSPS) is 13.8. The lowest BCUT2D eigenvalue weighted by molar-refractivity contribution is -0.402. The van der Waals surface area contributed by atoms with Gasteiger partial charge in [-0.1, -0.05) is 0 Å². The van der Waals surface area contributed by atoms with Crippen LogP contribution in [-0.2, 0) is 14.8 Å². The molecule has 0 spiro atoms. The van der Waals surface area contributed by atoms with Gasteiger partial charge in [-0.05, 0) is 36.4 Å². The molecule has 0 radical (unpaired) electrons. The molecule has 2 aromatic heterocycles. The highest BCUT2D eigenvalue weighted by Gasteiger charge is 2.37. The number of amides is 2. The van der Waals surface area contributed by atoms with E-state index in [9.17, 15) is 28.1 Å². The van der Waals surface area contributed by atoms with Gasteiger partial charge in [-0.25, -0.2) is 23.1 Å². The summed E-state index contributed by atoms with van der Waals surface area (Å²) < 4.78 is 31.9. The number of furan rings is 1. The maximum Gasteiger partial charge on any atom is 0.433 e. The highest BCUT2D eigenvalue weighted by atomic mass is 32.2. The van der Waals surface area contributed by atoms with Crippen molar-refractivity contribution in [1.29, 1.82) is 0 Å². The quantitative estimate of drug-likeness (QED) is 0.381. The lowest BCUT2D eigenvalue weighted by Crippen LogP contribution is -2.54. The maximum absolute atomic E-state index is 12.4. The molecule has 0 aliphatic carbocycles. The zero-order chi connectivity index (χ0) is 23.6. The minimum absolute atomic E-state index is 0.0408. The summed E-state index contributed by atoms with van der Waals surface area (Å²) >= 11 is 0. The monoisotopic (exact) mass is 472 g/mol. The number of hydrogen-bond donors (Lipinski definition) is 2. The number of nitrogens with zero attached hydrogens (tertiary/aromatic N) is 4. The number of nitro groups is 1. The molecule has 2 N–H and O–H groups in total. The molecule has 13 nitrogen and oxygen atoms in total. The fourth-order valence-corrected chi connectivity index (χ4v) is 3.96. The number of hydrogen-bond acceptors (Lipinski definition) is 9. The Morgan fingerprint density at radius 3 is 2.36 bits per heavy atom. The Hall–Kier alpha value is -4.33. The van der Waals surface area contributed by atoms with Crippen LogP contribution < -0.4 is 10.0 Å². The molecule has 3 heterocycles. The van der Waals surface area contributed by atoms with Gasteiger partial charge < -0.3 is 14.6 Å². The Labute approximate surface area is 186 Å². The highest BCUT2D eigenvalue weighted by molar-refractivity contribution is 7.92. The van der Waals surface area contributed by atoms with E-state index in [2.05, 4.69) is 20.0 Å². The second-order valence-electron chi connectivity index (χ2n) is 6.99. The lowest BCUT2D eigenvalue weighted by Gasteiger charge is -2.37. The average molecular weight is 472 g/mol. The number of rotatable bonds is 7. The van der Waals surface area contributed by atoms with Crippen molar-refractivity contribution in [3.8, 4) is 0 Å². The van der Waals surface area contributed by atoms with Crippen molar-refractivity contribution < 1.29 is 27.3 Å². The molecular weight excluding hydrogens is 456 g/mol. The Morgan fingerprint density at radius 1 is 1.09 bits per heavy atom. The van der Waals surface area contributed by atoms with E-state index >= 15 is 0 Å². The predicted molar refractivity (Wildman–Crippen MR) is 113 cm³/mol. The van der Waals surface area contributed by atoms with Gasteiger partial charge in [0, 0.05) is 31.2 Å². The zero-order valence-corrected chi connectivity index (χ0v) is 17.6. The summed E-state index contributed by atoms with van der Waals surface area (Å²) in [6.07, 6.45) is 2.80. The van der Waals surface area contributed by atoms with Crippen molar-refractivity contribution in [2.24, 2.45) is 5.92 Å². The summed E-state index contributed by atoms with van der Waals surface area (Å²) in [5.74, 6) is -2.16. The Kier molecular flexibility index (Phi) is 5.74. The molecule has 3 aromatic rings. The van der Waals surface area contributed by atoms with Crippen LogP contribution >= 0.6 is 0 Å². The molecule has 170 valence electrons. The standard InChI is InChI=1S/C19H16N6O7S/c26-17(12-10-24(11-12)18(27)15-6-7-16(32-15)25(28)29)22-13-2-4-14(5-3-13)33(30,31)23-19-20-8-1-9-21-19/h1-9,12H,10-11H2,(H,22,26)(H,20,21,23). The third-order valence-corrected chi connectivity index (χ3v) is 6.09. The molecule has 0 bridgehead atoms. The number of carbonyl (C=O) groups excluding carboxylic acids is 2. The van der Waals surface area contributed by atoms with Crippen LogP contribution in [-0.4, -0.2) is 53.1 Å². The van der Waals surface area contributed by atoms with Crippen LogP contribution in [0.2, 0.25) is 0 Å². The molecule has 0 unspecified atom stereocenters. The van der Waals surface area contributed by atoms with Gasteiger partial charge in [-0.15, -0.1) is 0 Å². The van der Waals surface area contributed by atoms with Gasteiger partial charge in [0.15, 0.2) is 5.76 Å². The number of carbonyl (C=O) groups is 2. The topological polar surface area (TPSA) is 178 Å². The fourth-order valence-electron chi connectivity index (χ4n) is 3.00. The molecule has 4 rings (SSSR count). The molecule has 1 fully saturated rings. The third-order valence-electron chi connectivity index (χ3n) is 4.75. The molecular formula is C19H16N6O7S. The second-order valence-corrected chi connectivity index (χ2v) is 8.68. The number of nitrogens with one attached hydrogen (secondary N) is 2. The Morgan fingerprint density at radius 2 is 1.76 bits per heavy atom. The summed E-state index contributed by atoms with van der Waals surface area (Å²) in [4.78, 5) is 43.5. The smallest absolute Gasteiger partial charge is 0.395 e. The van der Waals surface area contributed by atoms with Crippen molar-refractivity contribution in [2.45, 2.75) is 4.90 Å². The van der Waals surface area contributed by atoms with Crippen LogP contribution in [0.5, 0.6) is 0 Å². The summed E-state index contributed by atoms with van der Waals surface area (Å²) in [6.45, 7) is 0.235. The van der Waals surface area contributed by atoms with E-state index in [-0.39, 0.29) is 35.6 Å².